The number of nitrogens with zero attached hydrogens (tertiary/aromatic N) is 1. The lowest BCUT2D eigenvalue weighted by molar-refractivity contribution is -0.112. The smallest absolute Gasteiger partial charge is 0.185 e. The van der Waals surface area contributed by atoms with Crippen LogP contribution in [0, 0.1) is 0 Å². The fourth-order valence-electron chi connectivity index (χ4n) is 4.12. The standard InChI is InChI=1S/C25H27NO3/c1-29-24-17-19(9-12-23(24)27)16-21-6-4-5-20(25(21)28)15-18-7-10-22(11-8-18)26-13-2-3-14-26/h7-12,15-17,27H,2-6,13-14H2,1H3/b20-15+,21-16+. The SMILES string of the molecule is COc1cc(/C=C2\CCC/C(=C\c3ccc(N4CCCC4)cc3)C2=O)ccc1O. The van der Waals surface area contributed by atoms with Crippen LogP contribution in [-0.4, -0.2) is 31.1 Å². The van der Waals surface area contributed by atoms with Gasteiger partial charge in [0.05, 0.1) is 7.11 Å². The Hall–Kier alpha value is -3.01. The van der Waals surface area contributed by atoms with Crippen LogP contribution in [0.25, 0.3) is 12.2 Å². The van der Waals surface area contributed by atoms with Gasteiger partial charge in [-0.05, 0) is 79.6 Å². The van der Waals surface area contributed by atoms with Crippen LogP contribution >= 0.6 is 0 Å². The summed E-state index contributed by atoms with van der Waals surface area (Å²) in [6.07, 6.45) is 9.01. The Bertz CT molecular complexity index is 951. The molecule has 2 aromatic rings. The minimum absolute atomic E-state index is 0.0996. The zero-order valence-corrected chi connectivity index (χ0v) is 16.9. The summed E-state index contributed by atoms with van der Waals surface area (Å²) in [4.78, 5) is 15.4. The molecule has 1 aliphatic heterocycles. The van der Waals surface area contributed by atoms with E-state index in [-0.39, 0.29) is 11.5 Å². The molecular weight excluding hydrogens is 362 g/mol. The number of carbonyl (C=O) groups excluding carboxylic acids is 1. The number of hydrogen-bond acceptors (Lipinski definition) is 4. The van der Waals surface area contributed by atoms with Gasteiger partial charge in [-0.2, -0.15) is 0 Å². The maximum atomic E-state index is 13.0. The van der Waals surface area contributed by atoms with Crippen LogP contribution in [0.3, 0.4) is 0 Å². The predicted molar refractivity (Wildman–Crippen MR) is 117 cm³/mol. The molecule has 2 aliphatic rings. The van der Waals surface area contributed by atoms with E-state index in [0.717, 1.165) is 54.6 Å². The van der Waals surface area contributed by atoms with E-state index < -0.39 is 0 Å². The molecule has 4 heteroatoms. The summed E-state index contributed by atoms with van der Waals surface area (Å²) >= 11 is 0. The van der Waals surface area contributed by atoms with Gasteiger partial charge in [0.1, 0.15) is 0 Å². The average Bonchev–Trinajstić information content (AvgIpc) is 3.28. The molecule has 0 radical (unpaired) electrons. The van der Waals surface area contributed by atoms with Crippen molar-refractivity contribution in [2.24, 2.45) is 0 Å². The summed E-state index contributed by atoms with van der Waals surface area (Å²) in [6.45, 7) is 2.27. The van der Waals surface area contributed by atoms with E-state index in [1.54, 1.807) is 18.2 Å². The van der Waals surface area contributed by atoms with Gasteiger partial charge in [0.2, 0.25) is 0 Å². The molecule has 1 aliphatic carbocycles. The highest BCUT2D eigenvalue weighted by Crippen LogP contribution is 2.31. The molecule has 1 N–H and O–H groups in total. The molecule has 4 rings (SSSR count). The first-order valence-corrected chi connectivity index (χ1v) is 10.3. The van der Waals surface area contributed by atoms with Crippen molar-refractivity contribution in [3.8, 4) is 11.5 Å². The third-order valence-corrected chi connectivity index (χ3v) is 5.73. The maximum absolute atomic E-state index is 13.0. The number of carbonyl (C=O) groups is 1. The van der Waals surface area contributed by atoms with Gasteiger partial charge in [-0.3, -0.25) is 4.79 Å². The van der Waals surface area contributed by atoms with Crippen molar-refractivity contribution in [1.82, 2.24) is 0 Å². The van der Waals surface area contributed by atoms with Crippen molar-refractivity contribution < 1.29 is 14.6 Å². The van der Waals surface area contributed by atoms with E-state index >= 15 is 0 Å². The lowest BCUT2D eigenvalue weighted by Gasteiger charge is -2.18. The molecule has 0 atom stereocenters. The van der Waals surface area contributed by atoms with Gasteiger partial charge in [-0.25, -0.2) is 0 Å². The fourth-order valence-corrected chi connectivity index (χ4v) is 4.12. The van der Waals surface area contributed by atoms with Crippen LogP contribution in [0.4, 0.5) is 5.69 Å². The van der Waals surface area contributed by atoms with Crippen LogP contribution in [0.15, 0.2) is 53.6 Å². The number of allylic oxidation sites excluding steroid dienone is 2. The summed E-state index contributed by atoms with van der Waals surface area (Å²) in [6, 6.07) is 13.7. The Kier molecular flexibility index (Phi) is 5.70. The lowest BCUT2D eigenvalue weighted by Crippen LogP contribution is -2.17. The van der Waals surface area contributed by atoms with Crippen LogP contribution in [-0.2, 0) is 4.79 Å². The Balaban J connectivity index is 1.53. The number of methoxy groups -OCH3 is 1. The molecular formula is C25H27NO3. The third-order valence-electron chi connectivity index (χ3n) is 5.73. The van der Waals surface area contributed by atoms with Crippen molar-refractivity contribution in [2.45, 2.75) is 32.1 Å². The molecule has 2 aromatic carbocycles. The van der Waals surface area contributed by atoms with Crippen molar-refractivity contribution in [3.63, 3.8) is 0 Å². The van der Waals surface area contributed by atoms with E-state index in [0.29, 0.717) is 5.75 Å². The zero-order chi connectivity index (χ0) is 20.2. The molecule has 0 bridgehead atoms. The molecule has 0 spiro atoms. The molecule has 4 nitrogen and oxygen atoms in total. The maximum Gasteiger partial charge on any atom is 0.185 e. The minimum atomic E-state index is 0.0996. The molecule has 1 saturated heterocycles. The van der Waals surface area contributed by atoms with Crippen molar-refractivity contribution >= 4 is 23.6 Å². The molecule has 1 saturated carbocycles. The molecule has 0 aromatic heterocycles. The highest BCUT2D eigenvalue weighted by atomic mass is 16.5. The number of anilines is 1. The molecule has 2 fully saturated rings. The second-order valence-electron chi connectivity index (χ2n) is 7.74. The largest absolute Gasteiger partial charge is 0.504 e. The topological polar surface area (TPSA) is 49.8 Å². The number of ether oxygens (including phenoxy) is 1. The van der Waals surface area contributed by atoms with Gasteiger partial charge in [0.15, 0.2) is 17.3 Å². The van der Waals surface area contributed by atoms with E-state index in [1.807, 2.05) is 12.2 Å². The number of phenols is 1. The van der Waals surface area contributed by atoms with Gasteiger partial charge in [0, 0.05) is 29.9 Å². The van der Waals surface area contributed by atoms with Crippen LogP contribution < -0.4 is 9.64 Å². The summed E-state index contributed by atoms with van der Waals surface area (Å²) in [5, 5.41) is 9.76. The van der Waals surface area contributed by atoms with E-state index in [9.17, 15) is 9.90 Å². The number of aromatic hydroxyl groups is 1. The highest BCUT2D eigenvalue weighted by Gasteiger charge is 2.21. The molecule has 0 unspecified atom stereocenters. The van der Waals surface area contributed by atoms with E-state index in [1.165, 1.54) is 25.6 Å². The summed E-state index contributed by atoms with van der Waals surface area (Å²) in [5.74, 6) is 0.631. The predicted octanol–water partition coefficient (Wildman–Crippen LogP) is 5.22. The summed E-state index contributed by atoms with van der Waals surface area (Å²) < 4.78 is 5.17. The molecule has 150 valence electrons. The Labute approximate surface area is 172 Å². The number of ketones is 1. The Morgan fingerprint density at radius 2 is 1.52 bits per heavy atom. The van der Waals surface area contributed by atoms with Gasteiger partial charge in [-0.15, -0.1) is 0 Å². The summed E-state index contributed by atoms with van der Waals surface area (Å²) in [5.41, 5.74) is 4.87. The summed E-state index contributed by atoms with van der Waals surface area (Å²) in [7, 11) is 1.52. The minimum Gasteiger partial charge on any atom is -0.504 e. The number of hydrogen-bond donors (Lipinski definition) is 1. The van der Waals surface area contributed by atoms with Crippen LogP contribution in [0.1, 0.15) is 43.2 Å². The van der Waals surface area contributed by atoms with E-state index in [2.05, 4.69) is 29.2 Å². The number of rotatable bonds is 4. The first-order valence-electron chi connectivity index (χ1n) is 10.3. The first kappa shape index (κ1) is 19.3. The average molecular weight is 389 g/mol. The zero-order valence-electron chi connectivity index (χ0n) is 16.9. The first-order chi connectivity index (χ1) is 14.1. The van der Waals surface area contributed by atoms with Crippen molar-refractivity contribution in [2.75, 3.05) is 25.1 Å². The molecule has 1 heterocycles. The lowest BCUT2D eigenvalue weighted by atomic mass is 9.87. The highest BCUT2D eigenvalue weighted by molar-refractivity contribution is 6.14. The van der Waals surface area contributed by atoms with Gasteiger partial charge >= 0.3 is 0 Å². The Morgan fingerprint density at radius 1 is 0.897 bits per heavy atom. The second-order valence-corrected chi connectivity index (χ2v) is 7.74. The second kappa shape index (κ2) is 8.56. The van der Waals surface area contributed by atoms with Gasteiger partial charge in [-0.1, -0.05) is 18.2 Å². The quantitative estimate of drug-likeness (QED) is 0.728. The fraction of sp³-hybridized carbons (Fsp3) is 0.320. The number of Topliss-reactive ketones (excluding diaryl/α,β-unsaturated/α-hetero) is 1. The van der Waals surface area contributed by atoms with E-state index in [4.69, 9.17) is 4.74 Å². The Morgan fingerprint density at radius 3 is 2.17 bits per heavy atom. The molecule has 0 amide bonds. The van der Waals surface area contributed by atoms with Crippen LogP contribution in [0.5, 0.6) is 11.5 Å². The normalized spacial score (nSPS) is 19.9. The number of phenolic OH excluding ortho intramolecular Hbond substituents is 1. The van der Waals surface area contributed by atoms with Crippen molar-refractivity contribution in [1.29, 1.82) is 0 Å². The van der Waals surface area contributed by atoms with Gasteiger partial charge in [0.25, 0.3) is 0 Å². The van der Waals surface area contributed by atoms with Crippen LogP contribution in [0.2, 0.25) is 0 Å². The molecule has 29 heavy (non-hydrogen) atoms. The van der Waals surface area contributed by atoms with Gasteiger partial charge < -0.3 is 14.7 Å². The van der Waals surface area contributed by atoms with Crippen molar-refractivity contribution in [3.05, 3.63) is 64.7 Å². The number of benzene rings is 2. The monoisotopic (exact) mass is 389 g/mol. The third kappa shape index (κ3) is 4.37.